The molecule has 1 saturated carbocycles. The monoisotopic (exact) mass is 184 g/mol. The van der Waals surface area contributed by atoms with Crippen LogP contribution in [0, 0.1) is 5.92 Å². The van der Waals surface area contributed by atoms with Gasteiger partial charge < -0.3 is 10.2 Å². The Kier molecular flexibility index (Phi) is 3.58. The third kappa shape index (κ3) is 3.25. The van der Waals surface area contributed by atoms with E-state index in [1.54, 1.807) is 4.90 Å². The Labute approximate surface area is 80.5 Å². The van der Waals surface area contributed by atoms with Gasteiger partial charge in [0.25, 0.3) is 0 Å². The Hall–Kier alpha value is -0.730. The molecule has 1 aliphatic carbocycles. The van der Waals surface area contributed by atoms with Crippen LogP contribution in [0.5, 0.6) is 0 Å². The van der Waals surface area contributed by atoms with E-state index < -0.39 is 0 Å². The number of carbonyl (C=O) groups is 1. The molecule has 0 aromatic rings. The number of hydrogen-bond donors (Lipinski definition) is 1. The maximum Gasteiger partial charge on any atom is 0.317 e. The summed E-state index contributed by atoms with van der Waals surface area (Å²) >= 11 is 0. The molecule has 0 saturated heterocycles. The topological polar surface area (TPSA) is 32.3 Å². The van der Waals surface area contributed by atoms with Gasteiger partial charge in [0, 0.05) is 19.6 Å². The van der Waals surface area contributed by atoms with Crippen LogP contribution in [0.15, 0.2) is 0 Å². The predicted octanol–water partition coefficient (Wildman–Crippen LogP) is 1.84. The molecule has 0 heterocycles. The van der Waals surface area contributed by atoms with E-state index in [2.05, 4.69) is 5.32 Å². The molecule has 0 aromatic carbocycles. The normalized spacial score (nSPS) is 16.9. The maximum atomic E-state index is 11.4. The second kappa shape index (κ2) is 4.49. The van der Waals surface area contributed by atoms with Crippen LogP contribution in [0.25, 0.3) is 0 Å². The highest BCUT2D eigenvalue weighted by Gasteiger charge is 2.21. The molecule has 2 amide bonds. The van der Waals surface area contributed by atoms with Gasteiger partial charge in [0.05, 0.1) is 0 Å². The summed E-state index contributed by atoms with van der Waals surface area (Å²) in [5, 5.41) is 2.88. The van der Waals surface area contributed by atoms with Gasteiger partial charge in [0.1, 0.15) is 0 Å². The number of hydrogen-bond acceptors (Lipinski definition) is 1. The predicted molar refractivity (Wildman–Crippen MR) is 53.6 cm³/mol. The molecule has 0 spiro atoms. The number of rotatable bonds is 3. The summed E-state index contributed by atoms with van der Waals surface area (Å²) in [5.41, 5.74) is 0. The van der Waals surface area contributed by atoms with Crippen molar-refractivity contribution < 1.29 is 4.79 Å². The molecule has 13 heavy (non-hydrogen) atoms. The van der Waals surface area contributed by atoms with Gasteiger partial charge in [-0.2, -0.15) is 0 Å². The van der Waals surface area contributed by atoms with Crippen molar-refractivity contribution >= 4 is 6.03 Å². The fourth-order valence-electron chi connectivity index (χ4n) is 1.50. The Morgan fingerprint density at radius 3 is 2.54 bits per heavy atom. The van der Waals surface area contributed by atoms with E-state index in [-0.39, 0.29) is 12.1 Å². The van der Waals surface area contributed by atoms with E-state index in [9.17, 15) is 4.79 Å². The number of nitrogens with one attached hydrogen (secondary N) is 1. The molecule has 0 aliphatic heterocycles. The zero-order valence-electron chi connectivity index (χ0n) is 8.84. The van der Waals surface area contributed by atoms with E-state index in [1.807, 2.05) is 20.9 Å². The summed E-state index contributed by atoms with van der Waals surface area (Å²) in [7, 11) is 1.87. The maximum absolute atomic E-state index is 11.4. The van der Waals surface area contributed by atoms with Crippen LogP contribution in [0.2, 0.25) is 0 Å². The van der Waals surface area contributed by atoms with Crippen LogP contribution in [0.1, 0.15) is 33.1 Å². The molecule has 1 fully saturated rings. The lowest BCUT2D eigenvalue weighted by atomic mass is 9.85. The van der Waals surface area contributed by atoms with Crippen molar-refractivity contribution in [2.24, 2.45) is 5.92 Å². The van der Waals surface area contributed by atoms with E-state index >= 15 is 0 Å². The van der Waals surface area contributed by atoms with E-state index in [4.69, 9.17) is 0 Å². The third-order valence-electron chi connectivity index (χ3n) is 2.52. The molecule has 1 aliphatic rings. The second-order valence-corrected chi connectivity index (χ2v) is 4.28. The zero-order chi connectivity index (χ0) is 9.84. The lowest BCUT2D eigenvalue weighted by Gasteiger charge is -2.30. The number of carbonyl (C=O) groups excluding carboxylic acids is 1. The first-order valence-corrected chi connectivity index (χ1v) is 5.11. The van der Waals surface area contributed by atoms with Crippen molar-refractivity contribution in [2.45, 2.75) is 39.2 Å². The van der Waals surface area contributed by atoms with Crippen LogP contribution in [-0.2, 0) is 0 Å². The SMILES string of the molecule is CC(C)NC(=O)N(C)CC1CCC1. The van der Waals surface area contributed by atoms with Crippen molar-refractivity contribution in [1.82, 2.24) is 10.2 Å². The Morgan fingerprint density at radius 2 is 2.15 bits per heavy atom. The fraction of sp³-hybridized carbons (Fsp3) is 0.900. The summed E-state index contributed by atoms with van der Waals surface area (Å²) in [4.78, 5) is 13.2. The Bertz CT molecular complexity index is 176. The van der Waals surface area contributed by atoms with Gasteiger partial charge in [0.15, 0.2) is 0 Å². The first-order chi connectivity index (χ1) is 6.09. The van der Waals surface area contributed by atoms with Gasteiger partial charge in [-0.05, 0) is 32.6 Å². The number of amides is 2. The number of nitrogens with zero attached hydrogens (tertiary/aromatic N) is 1. The average Bonchev–Trinajstić information content (AvgIpc) is 1.94. The summed E-state index contributed by atoms with van der Waals surface area (Å²) in [6.45, 7) is 4.88. The van der Waals surface area contributed by atoms with E-state index in [0.29, 0.717) is 0 Å². The highest BCUT2D eigenvalue weighted by molar-refractivity contribution is 5.74. The molecule has 0 bridgehead atoms. The fourth-order valence-corrected chi connectivity index (χ4v) is 1.50. The molecule has 3 nitrogen and oxygen atoms in total. The lowest BCUT2D eigenvalue weighted by molar-refractivity contribution is 0.180. The van der Waals surface area contributed by atoms with Crippen LogP contribution in [0.3, 0.4) is 0 Å². The molecule has 0 unspecified atom stereocenters. The number of urea groups is 1. The van der Waals surface area contributed by atoms with Crippen molar-refractivity contribution in [3.8, 4) is 0 Å². The largest absolute Gasteiger partial charge is 0.336 e. The van der Waals surface area contributed by atoms with Gasteiger partial charge in [-0.25, -0.2) is 4.79 Å². The van der Waals surface area contributed by atoms with Gasteiger partial charge in [0.2, 0.25) is 0 Å². The van der Waals surface area contributed by atoms with Crippen LogP contribution >= 0.6 is 0 Å². The van der Waals surface area contributed by atoms with Crippen molar-refractivity contribution in [2.75, 3.05) is 13.6 Å². The molecule has 76 valence electrons. The molecule has 3 heteroatoms. The molecule has 1 N–H and O–H groups in total. The van der Waals surface area contributed by atoms with Gasteiger partial charge in [-0.15, -0.1) is 0 Å². The first-order valence-electron chi connectivity index (χ1n) is 5.11. The molecule has 0 radical (unpaired) electrons. The summed E-state index contributed by atoms with van der Waals surface area (Å²) in [5.74, 6) is 0.753. The van der Waals surface area contributed by atoms with Gasteiger partial charge >= 0.3 is 6.03 Å². The van der Waals surface area contributed by atoms with Crippen molar-refractivity contribution in [3.63, 3.8) is 0 Å². The minimum Gasteiger partial charge on any atom is -0.336 e. The highest BCUT2D eigenvalue weighted by atomic mass is 16.2. The van der Waals surface area contributed by atoms with Crippen LogP contribution < -0.4 is 5.32 Å². The van der Waals surface area contributed by atoms with Gasteiger partial charge in [-0.1, -0.05) is 6.42 Å². The highest BCUT2D eigenvalue weighted by Crippen LogP contribution is 2.26. The molecule has 1 rings (SSSR count). The van der Waals surface area contributed by atoms with Crippen LogP contribution in [-0.4, -0.2) is 30.6 Å². The Balaban J connectivity index is 2.20. The quantitative estimate of drug-likeness (QED) is 0.713. The van der Waals surface area contributed by atoms with Crippen LogP contribution in [0.4, 0.5) is 4.79 Å². The minimum absolute atomic E-state index is 0.0573. The molecular weight excluding hydrogens is 164 g/mol. The van der Waals surface area contributed by atoms with Gasteiger partial charge in [-0.3, -0.25) is 0 Å². The summed E-state index contributed by atoms with van der Waals surface area (Å²) in [6, 6.07) is 0.290. The summed E-state index contributed by atoms with van der Waals surface area (Å²) < 4.78 is 0. The zero-order valence-corrected chi connectivity index (χ0v) is 8.84. The second-order valence-electron chi connectivity index (χ2n) is 4.28. The molecular formula is C10H20N2O. The van der Waals surface area contributed by atoms with Crippen molar-refractivity contribution in [1.29, 1.82) is 0 Å². The smallest absolute Gasteiger partial charge is 0.317 e. The third-order valence-corrected chi connectivity index (χ3v) is 2.52. The summed E-state index contributed by atoms with van der Waals surface area (Å²) in [6.07, 6.45) is 3.92. The standard InChI is InChI=1S/C10H20N2O/c1-8(2)11-10(13)12(3)7-9-5-4-6-9/h8-9H,4-7H2,1-3H3,(H,11,13). The average molecular weight is 184 g/mol. The Morgan fingerprint density at radius 1 is 1.54 bits per heavy atom. The lowest BCUT2D eigenvalue weighted by Crippen LogP contribution is -2.43. The minimum atomic E-state index is 0.0573. The van der Waals surface area contributed by atoms with E-state index in [0.717, 1.165) is 12.5 Å². The van der Waals surface area contributed by atoms with Crippen molar-refractivity contribution in [3.05, 3.63) is 0 Å². The molecule has 0 aromatic heterocycles. The first kappa shape index (κ1) is 10.4. The molecule has 0 atom stereocenters. The van der Waals surface area contributed by atoms with E-state index in [1.165, 1.54) is 19.3 Å².